The number of rotatable bonds is 6. The highest BCUT2D eigenvalue weighted by atomic mass is 16.5. The molecule has 0 saturated carbocycles. The number of hydrogen-bond donors (Lipinski definition) is 0. The molecule has 0 fully saturated rings. The van der Waals surface area contributed by atoms with Crippen LogP contribution < -0.4 is 4.74 Å². The Balaban J connectivity index is 1.64. The maximum absolute atomic E-state index is 12.6. The molecule has 0 amide bonds. The third kappa shape index (κ3) is 4.31. The van der Waals surface area contributed by atoms with Crippen molar-refractivity contribution in [1.82, 2.24) is 0 Å². The summed E-state index contributed by atoms with van der Waals surface area (Å²) in [5, 5.41) is 0. The second-order valence-electron chi connectivity index (χ2n) is 6.63. The molecule has 0 saturated heterocycles. The van der Waals surface area contributed by atoms with E-state index in [1.807, 2.05) is 98.8 Å². The molecule has 3 aromatic carbocycles. The van der Waals surface area contributed by atoms with Gasteiger partial charge in [-0.25, -0.2) is 0 Å². The number of esters is 1. The molecule has 0 aromatic heterocycles. The Morgan fingerprint density at radius 1 is 0.808 bits per heavy atom. The Morgan fingerprint density at radius 2 is 1.42 bits per heavy atom. The minimum Gasteiger partial charge on any atom is -0.460 e. The molecule has 0 N–H and O–H groups in total. The van der Waals surface area contributed by atoms with Crippen LogP contribution in [0.4, 0.5) is 0 Å². The van der Waals surface area contributed by atoms with E-state index in [0.29, 0.717) is 5.75 Å². The van der Waals surface area contributed by atoms with E-state index in [2.05, 4.69) is 0 Å². The van der Waals surface area contributed by atoms with Crippen LogP contribution >= 0.6 is 0 Å². The lowest BCUT2D eigenvalue weighted by Crippen LogP contribution is -2.30. The molecule has 3 aromatic rings. The SMILES string of the molecule is CC(C)(C(=O)OCc1cccc(Oc2ccccc2)c1)c1ccccc1. The van der Waals surface area contributed by atoms with Crippen LogP contribution in [0, 0.1) is 0 Å². The summed E-state index contributed by atoms with van der Waals surface area (Å²) in [7, 11) is 0. The first-order valence-corrected chi connectivity index (χ1v) is 8.60. The second-order valence-corrected chi connectivity index (χ2v) is 6.63. The summed E-state index contributed by atoms with van der Waals surface area (Å²) in [6, 6.07) is 26.8. The van der Waals surface area contributed by atoms with E-state index in [1.165, 1.54) is 0 Å². The number of hydrogen-bond acceptors (Lipinski definition) is 3. The molecular weight excluding hydrogens is 324 g/mol. The second kappa shape index (κ2) is 7.87. The van der Waals surface area contributed by atoms with Gasteiger partial charge in [-0.1, -0.05) is 60.7 Å². The van der Waals surface area contributed by atoms with Crippen LogP contribution in [0.5, 0.6) is 11.5 Å². The van der Waals surface area contributed by atoms with Crippen molar-refractivity contribution in [3.8, 4) is 11.5 Å². The fraction of sp³-hybridized carbons (Fsp3) is 0.174. The molecular formula is C23H22O3. The van der Waals surface area contributed by atoms with Gasteiger partial charge >= 0.3 is 5.97 Å². The smallest absolute Gasteiger partial charge is 0.316 e. The van der Waals surface area contributed by atoms with Gasteiger partial charge in [0.1, 0.15) is 18.1 Å². The van der Waals surface area contributed by atoms with E-state index < -0.39 is 5.41 Å². The molecule has 3 nitrogen and oxygen atoms in total. The first-order chi connectivity index (χ1) is 12.6. The first-order valence-electron chi connectivity index (χ1n) is 8.60. The third-order valence-electron chi connectivity index (χ3n) is 4.25. The van der Waals surface area contributed by atoms with Crippen LogP contribution in [0.3, 0.4) is 0 Å². The van der Waals surface area contributed by atoms with Gasteiger partial charge in [0.15, 0.2) is 0 Å². The average Bonchev–Trinajstić information content (AvgIpc) is 2.68. The van der Waals surface area contributed by atoms with Crippen LogP contribution in [0.2, 0.25) is 0 Å². The summed E-state index contributed by atoms with van der Waals surface area (Å²) in [6.45, 7) is 3.96. The number of carbonyl (C=O) groups excluding carboxylic acids is 1. The van der Waals surface area contributed by atoms with E-state index in [9.17, 15) is 4.79 Å². The standard InChI is InChI=1S/C23H22O3/c1-23(2,19-11-5-3-6-12-19)22(24)25-17-18-10-9-15-21(16-18)26-20-13-7-4-8-14-20/h3-16H,17H2,1-2H3. The summed E-state index contributed by atoms with van der Waals surface area (Å²) >= 11 is 0. The molecule has 0 aliphatic rings. The lowest BCUT2D eigenvalue weighted by molar-refractivity contribution is -0.150. The highest BCUT2D eigenvalue weighted by molar-refractivity contribution is 5.82. The van der Waals surface area contributed by atoms with Crippen molar-refractivity contribution in [2.75, 3.05) is 0 Å². The van der Waals surface area contributed by atoms with Gasteiger partial charge in [0.25, 0.3) is 0 Å². The van der Waals surface area contributed by atoms with Gasteiger partial charge in [-0.15, -0.1) is 0 Å². The normalized spacial score (nSPS) is 11.0. The lowest BCUT2D eigenvalue weighted by Gasteiger charge is -2.23. The quantitative estimate of drug-likeness (QED) is 0.553. The molecule has 0 bridgehead atoms. The fourth-order valence-corrected chi connectivity index (χ4v) is 2.63. The molecule has 0 heterocycles. The van der Waals surface area contributed by atoms with Gasteiger partial charge in [0, 0.05) is 0 Å². The van der Waals surface area contributed by atoms with Crippen LogP contribution in [0.25, 0.3) is 0 Å². The van der Waals surface area contributed by atoms with E-state index in [-0.39, 0.29) is 12.6 Å². The fourth-order valence-electron chi connectivity index (χ4n) is 2.63. The predicted octanol–water partition coefficient (Wildman–Crippen LogP) is 5.50. The summed E-state index contributed by atoms with van der Waals surface area (Å²) in [5.41, 5.74) is 1.13. The van der Waals surface area contributed by atoms with E-state index in [4.69, 9.17) is 9.47 Å². The van der Waals surface area contributed by atoms with E-state index in [0.717, 1.165) is 16.9 Å². The highest BCUT2D eigenvalue weighted by Gasteiger charge is 2.31. The highest BCUT2D eigenvalue weighted by Crippen LogP contribution is 2.26. The summed E-state index contributed by atoms with van der Waals surface area (Å²) in [6.07, 6.45) is 0. The lowest BCUT2D eigenvalue weighted by atomic mass is 9.85. The Labute approximate surface area is 154 Å². The zero-order chi connectivity index (χ0) is 18.4. The minimum atomic E-state index is -0.695. The van der Waals surface area contributed by atoms with Gasteiger partial charge < -0.3 is 9.47 Å². The molecule has 0 aliphatic heterocycles. The maximum atomic E-state index is 12.6. The summed E-state index contributed by atoms with van der Waals surface area (Å²) < 4.78 is 11.4. The third-order valence-corrected chi connectivity index (χ3v) is 4.25. The van der Waals surface area contributed by atoms with Gasteiger partial charge in [0.2, 0.25) is 0 Å². The zero-order valence-corrected chi connectivity index (χ0v) is 15.0. The molecule has 0 spiro atoms. The van der Waals surface area contributed by atoms with Crippen molar-refractivity contribution in [2.24, 2.45) is 0 Å². The summed E-state index contributed by atoms with van der Waals surface area (Å²) in [5.74, 6) is 1.23. The van der Waals surface area contributed by atoms with Crippen molar-refractivity contribution in [2.45, 2.75) is 25.9 Å². The van der Waals surface area contributed by atoms with Crippen molar-refractivity contribution in [1.29, 1.82) is 0 Å². The zero-order valence-electron chi connectivity index (χ0n) is 15.0. The average molecular weight is 346 g/mol. The Hall–Kier alpha value is -3.07. The van der Waals surface area contributed by atoms with Crippen LogP contribution in [-0.4, -0.2) is 5.97 Å². The van der Waals surface area contributed by atoms with Crippen molar-refractivity contribution < 1.29 is 14.3 Å². The predicted molar refractivity (Wildman–Crippen MR) is 102 cm³/mol. The topological polar surface area (TPSA) is 35.5 Å². The van der Waals surface area contributed by atoms with Gasteiger partial charge in [-0.3, -0.25) is 4.79 Å². The number of ether oxygens (including phenoxy) is 2. The monoisotopic (exact) mass is 346 g/mol. The van der Waals surface area contributed by atoms with E-state index in [1.54, 1.807) is 0 Å². The van der Waals surface area contributed by atoms with E-state index >= 15 is 0 Å². The molecule has 3 rings (SSSR count). The van der Waals surface area contributed by atoms with Gasteiger partial charge in [-0.2, -0.15) is 0 Å². The maximum Gasteiger partial charge on any atom is 0.316 e. The summed E-state index contributed by atoms with van der Waals surface area (Å²) in [4.78, 5) is 12.6. The minimum absolute atomic E-state index is 0.209. The molecule has 0 radical (unpaired) electrons. The van der Waals surface area contributed by atoms with Crippen molar-refractivity contribution in [3.05, 3.63) is 96.1 Å². The van der Waals surface area contributed by atoms with Crippen LogP contribution in [-0.2, 0) is 21.6 Å². The molecule has 3 heteroatoms. The van der Waals surface area contributed by atoms with Crippen LogP contribution in [0.15, 0.2) is 84.9 Å². The number of para-hydroxylation sites is 1. The Kier molecular flexibility index (Phi) is 5.37. The number of carbonyl (C=O) groups is 1. The Morgan fingerprint density at radius 3 is 2.12 bits per heavy atom. The first kappa shape index (κ1) is 17.7. The van der Waals surface area contributed by atoms with Crippen molar-refractivity contribution in [3.63, 3.8) is 0 Å². The molecule has 0 atom stereocenters. The molecule has 26 heavy (non-hydrogen) atoms. The van der Waals surface area contributed by atoms with Crippen LogP contribution in [0.1, 0.15) is 25.0 Å². The number of benzene rings is 3. The molecule has 0 aliphatic carbocycles. The van der Waals surface area contributed by atoms with Gasteiger partial charge in [-0.05, 0) is 49.2 Å². The molecule has 132 valence electrons. The Bertz CT molecular complexity index is 855. The van der Waals surface area contributed by atoms with Crippen molar-refractivity contribution >= 4 is 5.97 Å². The van der Waals surface area contributed by atoms with Gasteiger partial charge in [0.05, 0.1) is 5.41 Å². The molecule has 0 unspecified atom stereocenters. The largest absolute Gasteiger partial charge is 0.460 e.